The standard InChI is InChI=1S/C9H14N2O/c1-2-5-11-8-9(7-10-11)4-3-6-12/h3-4,7-8,12H,2,5-6H2,1H3. The molecule has 1 N–H and O–H groups in total. The lowest BCUT2D eigenvalue weighted by atomic mass is 10.3. The summed E-state index contributed by atoms with van der Waals surface area (Å²) >= 11 is 0. The fourth-order valence-electron chi connectivity index (χ4n) is 1.01. The van der Waals surface area contributed by atoms with Crippen LogP contribution in [0, 0.1) is 0 Å². The van der Waals surface area contributed by atoms with Gasteiger partial charge in [0.2, 0.25) is 0 Å². The summed E-state index contributed by atoms with van der Waals surface area (Å²) in [7, 11) is 0. The molecule has 0 radical (unpaired) electrons. The number of aliphatic hydroxyl groups excluding tert-OH is 1. The van der Waals surface area contributed by atoms with Gasteiger partial charge in [0, 0.05) is 18.3 Å². The van der Waals surface area contributed by atoms with Crippen LogP contribution in [-0.4, -0.2) is 21.5 Å². The normalized spacial score (nSPS) is 11.2. The Kier molecular flexibility index (Phi) is 3.54. The highest BCUT2D eigenvalue weighted by Crippen LogP contribution is 2.00. The second-order valence-electron chi connectivity index (χ2n) is 2.62. The molecule has 0 bridgehead atoms. The molecular weight excluding hydrogens is 152 g/mol. The van der Waals surface area contributed by atoms with Gasteiger partial charge in [0.25, 0.3) is 0 Å². The fraction of sp³-hybridized carbons (Fsp3) is 0.444. The Morgan fingerprint density at radius 3 is 3.17 bits per heavy atom. The molecule has 1 rings (SSSR count). The van der Waals surface area contributed by atoms with Gasteiger partial charge in [0.1, 0.15) is 0 Å². The van der Waals surface area contributed by atoms with E-state index in [9.17, 15) is 0 Å². The van der Waals surface area contributed by atoms with Crippen LogP contribution in [-0.2, 0) is 6.54 Å². The number of aliphatic hydroxyl groups is 1. The molecule has 3 nitrogen and oxygen atoms in total. The average Bonchev–Trinajstić information content (AvgIpc) is 2.50. The van der Waals surface area contributed by atoms with E-state index in [1.807, 2.05) is 17.0 Å². The molecule has 0 saturated heterocycles. The van der Waals surface area contributed by atoms with Gasteiger partial charge in [-0.05, 0) is 6.42 Å². The lowest BCUT2D eigenvalue weighted by Crippen LogP contribution is -1.95. The topological polar surface area (TPSA) is 38.0 Å². The third-order valence-electron chi connectivity index (χ3n) is 1.52. The Hall–Kier alpha value is -1.09. The van der Waals surface area contributed by atoms with E-state index < -0.39 is 0 Å². The smallest absolute Gasteiger partial charge is 0.0615 e. The minimum absolute atomic E-state index is 0.0823. The van der Waals surface area contributed by atoms with Crippen LogP contribution in [0.4, 0.5) is 0 Å². The molecule has 0 saturated carbocycles. The zero-order chi connectivity index (χ0) is 8.81. The highest BCUT2D eigenvalue weighted by Gasteiger charge is 1.92. The minimum Gasteiger partial charge on any atom is -0.392 e. The molecule has 66 valence electrons. The summed E-state index contributed by atoms with van der Waals surface area (Å²) in [4.78, 5) is 0. The molecule has 0 aliphatic heterocycles. The van der Waals surface area contributed by atoms with Crippen molar-refractivity contribution in [2.75, 3.05) is 6.61 Å². The summed E-state index contributed by atoms with van der Waals surface area (Å²) in [6, 6.07) is 0. The zero-order valence-corrected chi connectivity index (χ0v) is 7.27. The van der Waals surface area contributed by atoms with Crippen LogP contribution in [0.1, 0.15) is 18.9 Å². The fourth-order valence-corrected chi connectivity index (χ4v) is 1.01. The molecule has 0 aliphatic rings. The SMILES string of the molecule is CCCn1cc(C=CCO)cn1. The Bertz CT molecular complexity index is 253. The van der Waals surface area contributed by atoms with Gasteiger partial charge in [-0.1, -0.05) is 19.1 Å². The largest absolute Gasteiger partial charge is 0.392 e. The van der Waals surface area contributed by atoms with Crippen molar-refractivity contribution in [2.45, 2.75) is 19.9 Å². The molecule has 0 aromatic carbocycles. The van der Waals surface area contributed by atoms with E-state index in [-0.39, 0.29) is 6.61 Å². The quantitative estimate of drug-likeness (QED) is 0.732. The molecule has 3 heteroatoms. The van der Waals surface area contributed by atoms with Crippen molar-refractivity contribution in [1.29, 1.82) is 0 Å². The number of rotatable bonds is 4. The molecule has 0 amide bonds. The maximum atomic E-state index is 8.52. The third kappa shape index (κ3) is 2.51. The monoisotopic (exact) mass is 166 g/mol. The predicted molar refractivity (Wildman–Crippen MR) is 48.6 cm³/mol. The summed E-state index contributed by atoms with van der Waals surface area (Å²) in [5, 5.41) is 12.7. The van der Waals surface area contributed by atoms with Crippen LogP contribution in [0.5, 0.6) is 0 Å². The second kappa shape index (κ2) is 4.72. The van der Waals surface area contributed by atoms with Crippen molar-refractivity contribution in [1.82, 2.24) is 9.78 Å². The molecule has 0 fully saturated rings. The van der Waals surface area contributed by atoms with Crippen LogP contribution in [0.3, 0.4) is 0 Å². The average molecular weight is 166 g/mol. The maximum absolute atomic E-state index is 8.52. The molecular formula is C9H14N2O. The summed E-state index contributed by atoms with van der Waals surface area (Å²) in [5.41, 5.74) is 1.04. The molecule has 0 unspecified atom stereocenters. The van der Waals surface area contributed by atoms with Crippen molar-refractivity contribution in [2.24, 2.45) is 0 Å². The molecule has 1 heterocycles. The van der Waals surface area contributed by atoms with Crippen molar-refractivity contribution in [3.05, 3.63) is 24.0 Å². The van der Waals surface area contributed by atoms with Gasteiger partial charge in [0.05, 0.1) is 12.8 Å². The Balaban J connectivity index is 2.57. The van der Waals surface area contributed by atoms with Gasteiger partial charge in [-0.2, -0.15) is 5.10 Å². The summed E-state index contributed by atoms with van der Waals surface area (Å²) in [6.45, 7) is 3.15. The Morgan fingerprint density at radius 1 is 1.67 bits per heavy atom. The van der Waals surface area contributed by atoms with E-state index in [1.54, 1.807) is 12.3 Å². The Labute approximate surface area is 72.3 Å². The van der Waals surface area contributed by atoms with E-state index >= 15 is 0 Å². The first-order chi connectivity index (χ1) is 5.86. The summed E-state index contributed by atoms with van der Waals surface area (Å²) in [6.07, 6.45) is 8.41. The van der Waals surface area contributed by atoms with Gasteiger partial charge >= 0.3 is 0 Å². The summed E-state index contributed by atoms with van der Waals surface area (Å²) in [5.74, 6) is 0. The highest BCUT2D eigenvalue weighted by atomic mass is 16.2. The van der Waals surface area contributed by atoms with Gasteiger partial charge in [-0.25, -0.2) is 0 Å². The van der Waals surface area contributed by atoms with Crippen molar-refractivity contribution in [3.63, 3.8) is 0 Å². The van der Waals surface area contributed by atoms with Crippen LogP contribution in [0.25, 0.3) is 6.08 Å². The van der Waals surface area contributed by atoms with E-state index in [0.29, 0.717) is 0 Å². The Morgan fingerprint density at radius 2 is 2.50 bits per heavy atom. The number of aromatic nitrogens is 2. The second-order valence-corrected chi connectivity index (χ2v) is 2.62. The maximum Gasteiger partial charge on any atom is 0.0615 e. The highest BCUT2D eigenvalue weighted by molar-refractivity contribution is 5.46. The van der Waals surface area contributed by atoms with Crippen molar-refractivity contribution >= 4 is 6.08 Å². The van der Waals surface area contributed by atoms with E-state index in [0.717, 1.165) is 18.5 Å². The number of hydrogen-bond donors (Lipinski definition) is 1. The van der Waals surface area contributed by atoms with E-state index in [4.69, 9.17) is 5.11 Å². The molecule has 1 aromatic rings. The molecule has 1 aromatic heterocycles. The van der Waals surface area contributed by atoms with Crippen LogP contribution in [0.2, 0.25) is 0 Å². The number of nitrogens with zero attached hydrogens (tertiary/aromatic N) is 2. The van der Waals surface area contributed by atoms with Crippen LogP contribution in [0.15, 0.2) is 18.5 Å². The van der Waals surface area contributed by atoms with Crippen molar-refractivity contribution < 1.29 is 5.11 Å². The predicted octanol–water partition coefficient (Wildman–Crippen LogP) is 1.30. The van der Waals surface area contributed by atoms with E-state index in [1.165, 1.54) is 0 Å². The lowest BCUT2D eigenvalue weighted by Gasteiger charge is -1.93. The lowest BCUT2D eigenvalue weighted by molar-refractivity contribution is 0.343. The number of hydrogen-bond acceptors (Lipinski definition) is 2. The third-order valence-corrected chi connectivity index (χ3v) is 1.52. The molecule has 0 spiro atoms. The van der Waals surface area contributed by atoms with Crippen molar-refractivity contribution in [3.8, 4) is 0 Å². The molecule has 0 atom stereocenters. The van der Waals surface area contributed by atoms with E-state index in [2.05, 4.69) is 12.0 Å². The first-order valence-electron chi connectivity index (χ1n) is 4.16. The first-order valence-corrected chi connectivity index (χ1v) is 4.16. The molecule has 0 aliphatic carbocycles. The van der Waals surface area contributed by atoms with Crippen LogP contribution >= 0.6 is 0 Å². The van der Waals surface area contributed by atoms with Gasteiger partial charge in [-0.3, -0.25) is 4.68 Å². The molecule has 12 heavy (non-hydrogen) atoms. The zero-order valence-electron chi connectivity index (χ0n) is 7.27. The number of aryl methyl sites for hydroxylation is 1. The summed E-state index contributed by atoms with van der Waals surface area (Å²) < 4.78 is 1.90. The van der Waals surface area contributed by atoms with Gasteiger partial charge < -0.3 is 5.11 Å². The van der Waals surface area contributed by atoms with Gasteiger partial charge in [0.15, 0.2) is 0 Å². The minimum atomic E-state index is 0.0823. The first kappa shape index (κ1) is 9.00. The van der Waals surface area contributed by atoms with Gasteiger partial charge in [-0.15, -0.1) is 0 Å². The van der Waals surface area contributed by atoms with Crippen LogP contribution < -0.4 is 0 Å².